The van der Waals surface area contributed by atoms with Crippen molar-refractivity contribution < 1.29 is 8.42 Å². The zero-order valence-electron chi connectivity index (χ0n) is 11.2. The number of halogens is 1. The van der Waals surface area contributed by atoms with Crippen LogP contribution in [-0.4, -0.2) is 8.42 Å². The summed E-state index contributed by atoms with van der Waals surface area (Å²) in [6, 6.07) is 10.2. The molecule has 0 saturated heterocycles. The highest BCUT2D eigenvalue weighted by Crippen LogP contribution is 2.23. The SMILES string of the molecule is Cc1ccsc1/C=C(\C#N)S(=O)(=O)Cc1ccc(Cl)cc1. The molecule has 0 bridgehead atoms. The van der Waals surface area contributed by atoms with E-state index in [1.807, 2.05) is 18.4 Å². The first-order chi connectivity index (χ1) is 9.92. The van der Waals surface area contributed by atoms with Crippen molar-refractivity contribution in [3.05, 3.63) is 61.6 Å². The summed E-state index contributed by atoms with van der Waals surface area (Å²) >= 11 is 7.18. The van der Waals surface area contributed by atoms with Gasteiger partial charge in [-0.05, 0) is 47.7 Å². The molecule has 3 nitrogen and oxygen atoms in total. The van der Waals surface area contributed by atoms with Crippen LogP contribution in [0.25, 0.3) is 6.08 Å². The van der Waals surface area contributed by atoms with Crippen LogP contribution in [0.5, 0.6) is 0 Å². The molecule has 0 saturated carbocycles. The summed E-state index contributed by atoms with van der Waals surface area (Å²) < 4.78 is 24.7. The molecule has 0 amide bonds. The predicted octanol–water partition coefficient (Wildman–Crippen LogP) is 4.19. The van der Waals surface area contributed by atoms with Gasteiger partial charge in [-0.25, -0.2) is 8.42 Å². The first-order valence-corrected chi connectivity index (χ1v) is 8.96. The summed E-state index contributed by atoms with van der Waals surface area (Å²) in [6.45, 7) is 1.88. The third kappa shape index (κ3) is 3.94. The van der Waals surface area contributed by atoms with Crippen molar-refractivity contribution in [3.63, 3.8) is 0 Å². The summed E-state index contributed by atoms with van der Waals surface area (Å²) in [5.74, 6) is -0.214. The van der Waals surface area contributed by atoms with Crippen molar-refractivity contribution >= 4 is 38.9 Å². The molecule has 0 atom stereocenters. The second-order valence-electron chi connectivity index (χ2n) is 4.47. The fourth-order valence-corrected chi connectivity index (χ4v) is 4.00. The van der Waals surface area contributed by atoms with Gasteiger partial charge >= 0.3 is 0 Å². The van der Waals surface area contributed by atoms with E-state index in [2.05, 4.69) is 0 Å². The highest BCUT2D eigenvalue weighted by molar-refractivity contribution is 7.95. The molecule has 2 rings (SSSR count). The average Bonchev–Trinajstić information content (AvgIpc) is 2.83. The molecular weight excluding hydrogens is 326 g/mol. The van der Waals surface area contributed by atoms with Gasteiger partial charge in [0.25, 0.3) is 0 Å². The van der Waals surface area contributed by atoms with Gasteiger partial charge in [0.05, 0.1) is 5.75 Å². The molecular formula is C15H12ClNO2S2. The molecule has 0 aliphatic rings. The molecule has 0 unspecified atom stereocenters. The number of hydrogen-bond acceptors (Lipinski definition) is 4. The van der Waals surface area contributed by atoms with E-state index in [-0.39, 0.29) is 10.7 Å². The second-order valence-corrected chi connectivity index (χ2v) is 7.82. The normalized spacial score (nSPS) is 12.1. The second kappa shape index (κ2) is 6.44. The quantitative estimate of drug-likeness (QED) is 0.786. The van der Waals surface area contributed by atoms with E-state index in [9.17, 15) is 8.42 Å². The van der Waals surface area contributed by atoms with Gasteiger partial charge in [-0.3, -0.25) is 0 Å². The zero-order valence-corrected chi connectivity index (χ0v) is 13.6. The summed E-state index contributed by atoms with van der Waals surface area (Å²) in [5.41, 5.74) is 1.55. The smallest absolute Gasteiger partial charge is 0.192 e. The van der Waals surface area contributed by atoms with Crippen LogP contribution in [0.1, 0.15) is 16.0 Å². The Morgan fingerprint density at radius 2 is 2.00 bits per heavy atom. The van der Waals surface area contributed by atoms with Gasteiger partial charge in [0.1, 0.15) is 11.0 Å². The maximum absolute atomic E-state index is 12.3. The van der Waals surface area contributed by atoms with Gasteiger partial charge in [0, 0.05) is 9.90 Å². The summed E-state index contributed by atoms with van der Waals surface area (Å²) in [5, 5.41) is 11.6. The van der Waals surface area contributed by atoms with E-state index in [0.717, 1.165) is 10.4 Å². The lowest BCUT2D eigenvalue weighted by Gasteiger charge is -2.03. The third-order valence-electron chi connectivity index (χ3n) is 2.88. The van der Waals surface area contributed by atoms with E-state index in [0.29, 0.717) is 10.6 Å². The number of nitriles is 1. The average molecular weight is 338 g/mol. The molecule has 21 heavy (non-hydrogen) atoms. The van der Waals surface area contributed by atoms with Crippen LogP contribution in [0.15, 0.2) is 40.6 Å². The number of benzene rings is 1. The van der Waals surface area contributed by atoms with Crippen LogP contribution in [0.2, 0.25) is 5.02 Å². The van der Waals surface area contributed by atoms with Gasteiger partial charge in [0.15, 0.2) is 9.84 Å². The summed E-state index contributed by atoms with van der Waals surface area (Å²) in [7, 11) is -3.67. The molecule has 1 aromatic carbocycles. The highest BCUT2D eigenvalue weighted by Gasteiger charge is 2.19. The Hall–Kier alpha value is -1.61. The van der Waals surface area contributed by atoms with Crippen molar-refractivity contribution in [2.24, 2.45) is 0 Å². The zero-order chi connectivity index (χ0) is 15.5. The Morgan fingerprint density at radius 3 is 2.52 bits per heavy atom. The van der Waals surface area contributed by atoms with E-state index in [4.69, 9.17) is 16.9 Å². The largest absolute Gasteiger partial charge is 0.223 e. The molecule has 0 aliphatic carbocycles. The molecule has 0 spiro atoms. The number of rotatable bonds is 4. The van der Waals surface area contributed by atoms with E-state index in [1.165, 1.54) is 17.4 Å². The maximum atomic E-state index is 12.3. The first kappa shape index (κ1) is 15.8. The Labute approximate surface area is 133 Å². The molecule has 0 aliphatic heterocycles. The van der Waals surface area contributed by atoms with E-state index in [1.54, 1.807) is 30.3 Å². The molecule has 0 fully saturated rings. The topological polar surface area (TPSA) is 57.9 Å². The van der Waals surface area contributed by atoms with Crippen LogP contribution in [0, 0.1) is 18.3 Å². The van der Waals surface area contributed by atoms with Crippen molar-refractivity contribution in [1.82, 2.24) is 0 Å². The van der Waals surface area contributed by atoms with Crippen molar-refractivity contribution in [2.45, 2.75) is 12.7 Å². The van der Waals surface area contributed by atoms with Crippen LogP contribution < -0.4 is 0 Å². The summed E-state index contributed by atoms with van der Waals surface area (Å²) in [4.78, 5) is 0.564. The minimum atomic E-state index is -3.67. The Balaban J connectivity index is 2.33. The van der Waals surface area contributed by atoms with Gasteiger partial charge in [0.2, 0.25) is 0 Å². The standard InChI is InChI=1S/C15H12ClNO2S2/c1-11-6-7-20-15(11)8-14(9-17)21(18,19)10-12-2-4-13(16)5-3-12/h2-8H,10H2,1H3/b14-8+. The lowest BCUT2D eigenvalue weighted by Crippen LogP contribution is -2.06. The van der Waals surface area contributed by atoms with Crippen molar-refractivity contribution in [2.75, 3.05) is 0 Å². The monoisotopic (exact) mass is 337 g/mol. The van der Waals surface area contributed by atoms with Gasteiger partial charge in [-0.15, -0.1) is 11.3 Å². The Morgan fingerprint density at radius 1 is 1.33 bits per heavy atom. The van der Waals surface area contributed by atoms with Crippen LogP contribution in [0.3, 0.4) is 0 Å². The third-order valence-corrected chi connectivity index (χ3v) is 5.69. The summed E-state index contributed by atoms with van der Waals surface area (Å²) in [6.07, 6.45) is 1.44. The van der Waals surface area contributed by atoms with Crippen molar-refractivity contribution in [3.8, 4) is 6.07 Å². The van der Waals surface area contributed by atoms with Crippen LogP contribution in [-0.2, 0) is 15.6 Å². The molecule has 1 aromatic heterocycles. The molecule has 108 valence electrons. The minimum absolute atomic E-state index is 0.214. The number of hydrogen-bond donors (Lipinski definition) is 0. The van der Waals surface area contributed by atoms with E-state index < -0.39 is 9.84 Å². The maximum Gasteiger partial charge on any atom is 0.192 e. The van der Waals surface area contributed by atoms with Crippen LogP contribution in [0.4, 0.5) is 0 Å². The van der Waals surface area contributed by atoms with Crippen molar-refractivity contribution in [1.29, 1.82) is 5.26 Å². The minimum Gasteiger partial charge on any atom is -0.223 e. The Bertz CT molecular complexity index is 812. The lowest BCUT2D eigenvalue weighted by atomic mass is 10.2. The number of sulfone groups is 1. The predicted molar refractivity (Wildman–Crippen MR) is 86.7 cm³/mol. The van der Waals surface area contributed by atoms with E-state index >= 15 is 0 Å². The number of thiophene rings is 1. The fraction of sp³-hybridized carbons (Fsp3) is 0.133. The molecule has 0 radical (unpaired) electrons. The number of aryl methyl sites for hydroxylation is 1. The molecule has 2 aromatic rings. The Kier molecular flexibility index (Phi) is 4.84. The highest BCUT2D eigenvalue weighted by atomic mass is 35.5. The number of nitrogens with zero attached hydrogens (tertiary/aromatic N) is 1. The molecule has 0 N–H and O–H groups in total. The first-order valence-electron chi connectivity index (χ1n) is 6.05. The number of allylic oxidation sites excluding steroid dienone is 1. The van der Waals surface area contributed by atoms with Gasteiger partial charge in [-0.2, -0.15) is 5.26 Å². The molecule has 6 heteroatoms. The fourth-order valence-electron chi connectivity index (χ4n) is 1.72. The van der Waals surface area contributed by atoms with Gasteiger partial charge < -0.3 is 0 Å². The van der Waals surface area contributed by atoms with Gasteiger partial charge in [-0.1, -0.05) is 23.7 Å². The van der Waals surface area contributed by atoms with Crippen LogP contribution >= 0.6 is 22.9 Å². The lowest BCUT2D eigenvalue weighted by molar-refractivity contribution is 0.602. The molecule has 1 heterocycles.